The van der Waals surface area contributed by atoms with Gasteiger partial charge in [0.2, 0.25) is 0 Å². The van der Waals surface area contributed by atoms with E-state index in [0.29, 0.717) is 14.5 Å². The number of hydrogen-bond acceptors (Lipinski definition) is 2. The van der Waals surface area contributed by atoms with E-state index in [9.17, 15) is 13.6 Å². The number of hydrogen-bond donors (Lipinski definition) is 1. The Hall–Kier alpha value is -0.310. The van der Waals surface area contributed by atoms with Gasteiger partial charge in [0.25, 0.3) is 6.43 Å². The van der Waals surface area contributed by atoms with Crippen LogP contribution in [-0.2, 0) is 16.5 Å². The van der Waals surface area contributed by atoms with Crippen LogP contribution in [0.15, 0.2) is 6.07 Å². The van der Waals surface area contributed by atoms with Crippen LogP contribution in [0.5, 0.6) is 0 Å². The Kier molecular flexibility index (Phi) is 5.03. The Morgan fingerprint density at radius 3 is 2.69 bits per heavy atom. The quantitative estimate of drug-likeness (QED) is 0.618. The molecule has 1 aromatic rings. The molecule has 0 saturated carbocycles. The van der Waals surface area contributed by atoms with Crippen molar-refractivity contribution in [1.82, 2.24) is 4.98 Å². The van der Waals surface area contributed by atoms with Crippen LogP contribution >= 0.6 is 38.5 Å². The van der Waals surface area contributed by atoms with Gasteiger partial charge in [-0.3, -0.25) is 4.79 Å². The summed E-state index contributed by atoms with van der Waals surface area (Å²) in [5.74, 6) is -1.09. The zero-order valence-electron chi connectivity index (χ0n) is 7.88. The van der Waals surface area contributed by atoms with Crippen molar-refractivity contribution in [3.05, 3.63) is 26.6 Å². The summed E-state index contributed by atoms with van der Waals surface area (Å²) in [4.78, 5) is 14.3. The molecular formula is C9H7BrF2INO2. The number of pyridine rings is 1. The minimum absolute atomic E-state index is 0.181. The molecule has 1 aromatic heterocycles. The number of aliphatic carboxylic acids is 1. The first-order chi connectivity index (χ1) is 7.45. The number of nitrogens with zero attached hydrogens (tertiary/aromatic N) is 1. The smallest absolute Gasteiger partial charge is 0.309 e. The second kappa shape index (κ2) is 5.85. The molecule has 3 nitrogen and oxygen atoms in total. The summed E-state index contributed by atoms with van der Waals surface area (Å²) >= 11 is 4.93. The normalized spacial score (nSPS) is 10.8. The molecule has 0 aliphatic heterocycles. The topological polar surface area (TPSA) is 50.2 Å². The average molecular weight is 406 g/mol. The first-order valence-electron chi connectivity index (χ1n) is 4.19. The lowest BCUT2D eigenvalue weighted by Crippen LogP contribution is -2.09. The van der Waals surface area contributed by atoms with E-state index in [0.717, 1.165) is 0 Å². The highest BCUT2D eigenvalue weighted by molar-refractivity contribution is 14.1. The summed E-state index contributed by atoms with van der Waals surface area (Å²) in [5, 5.41) is 9.03. The molecule has 0 aromatic carbocycles. The molecule has 1 rings (SSSR count). The maximum absolute atomic E-state index is 12.6. The monoisotopic (exact) mass is 405 g/mol. The summed E-state index contributed by atoms with van der Waals surface area (Å²) in [5.41, 5.74) is 0.442. The maximum atomic E-state index is 12.6. The number of carboxylic acids is 1. The second-order valence-corrected chi connectivity index (χ2v) is 4.69. The number of carboxylic acid groups (broad SMARTS) is 1. The highest BCUT2D eigenvalue weighted by Gasteiger charge is 2.18. The molecule has 16 heavy (non-hydrogen) atoms. The Labute approximate surface area is 113 Å². The largest absolute Gasteiger partial charge is 0.481 e. The van der Waals surface area contributed by atoms with E-state index < -0.39 is 12.4 Å². The molecule has 1 N–H and O–H groups in total. The molecular weight excluding hydrogens is 399 g/mol. The van der Waals surface area contributed by atoms with Crippen LogP contribution in [0.3, 0.4) is 0 Å². The van der Waals surface area contributed by atoms with E-state index in [2.05, 4.69) is 20.9 Å². The summed E-state index contributed by atoms with van der Waals surface area (Å²) in [6, 6.07) is 1.53. The highest BCUT2D eigenvalue weighted by Crippen LogP contribution is 2.25. The predicted octanol–water partition coefficient (Wildman–Crippen LogP) is 3.15. The Morgan fingerprint density at radius 1 is 1.62 bits per heavy atom. The summed E-state index contributed by atoms with van der Waals surface area (Å²) in [6.45, 7) is 0. The van der Waals surface area contributed by atoms with Gasteiger partial charge in [-0.25, -0.2) is 13.8 Å². The van der Waals surface area contributed by atoms with E-state index >= 15 is 0 Å². The molecule has 0 spiro atoms. The molecule has 0 saturated heterocycles. The third kappa shape index (κ3) is 3.34. The lowest BCUT2D eigenvalue weighted by Gasteiger charge is -2.09. The van der Waals surface area contributed by atoms with Crippen molar-refractivity contribution in [2.75, 3.05) is 0 Å². The van der Waals surface area contributed by atoms with Crippen LogP contribution in [0.4, 0.5) is 8.78 Å². The summed E-state index contributed by atoms with van der Waals surface area (Å²) in [6.07, 6.45) is -3.04. The number of alkyl halides is 3. The van der Waals surface area contributed by atoms with E-state index in [1.54, 1.807) is 22.6 Å². The highest BCUT2D eigenvalue weighted by atomic mass is 127. The molecule has 0 amide bonds. The number of halogens is 4. The standard InChI is InChI=1S/C9H7BrF2INO2/c10-3-4-1-5(13)8(9(11)12)14-6(4)2-7(15)16/h1,9H,2-3H2,(H,15,16). The number of aromatic nitrogens is 1. The van der Waals surface area contributed by atoms with Crippen LogP contribution in [0.25, 0.3) is 0 Å². The molecule has 0 aliphatic carbocycles. The predicted molar refractivity (Wildman–Crippen MR) is 65.9 cm³/mol. The van der Waals surface area contributed by atoms with Crippen molar-refractivity contribution in [3.63, 3.8) is 0 Å². The van der Waals surface area contributed by atoms with Gasteiger partial charge in [0.15, 0.2) is 0 Å². The van der Waals surface area contributed by atoms with Crippen molar-refractivity contribution in [3.8, 4) is 0 Å². The van der Waals surface area contributed by atoms with Gasteiger partial charge in [-0.2, -0.15) is 0 Å². The van der Waals surface area contributed by atoms with Crippen molar-refractivity contribution in [2.24, 2.45) is 0 Å². The van der Waals surface area contributed by atoms with Crippen molar-refractivity contribution >= 4 is 44.5 Å². The van der Waals surface area contributed by atoms with Crippen LogP contribution < -0.4 is 0 Å². The van der Waals surface area contributed by atoms with Gasteiger partial charge in [0, 0.05) is 8.90 Å². The van der Waals surface area contributed by atoms with E-state index in [4.69, 9.17) is 5.11 Å². The molecule has 88 valence electrons. The maximum Gasteiger partial charge on any atom is 0.309 e. The van der Waals surface area contributed by atoms with E-state index in [1.807, 2.05) is 0 Å². The summed E-state index contributed by atoms with van der Waals surface area (Å²) in [7, 11) is 0. The minimum Gasteiger partial charge on any atom is -0.481 e. The van der Waals surface area contributed by atoms with Crippen molar-refractivity contribution < 1.29 is 18.7 Å². The molecule has 0 unspecified atom stereocenters. The first-order valence-corrected chi connectivity index (χ1v) is 6.39. The summed E-state index contributed by atoms with van der Waals surface area (Å²) < 4.78 is 25.5. The number of carbonyl (C=O) groups is 1. The molecule has 1 heterocycles. The lowest BCUT2D eigenvalue weighted by atomic mass is 10.1. The van der Waals surface area contributed by atoms with Gasteiger partial charge in [0.1, 0.15) is 5.69 Å². The van der Waals surface area contributed by atoms with Gasteiger partial charge in [0.05, 0.1) is 12.1 Å². The first kappa shape index (κ1) is 13.8. The van der Waals surface area contributed by atoms with Crippen molar-refractivity contribution in [2.45, 2.75) is 18.2 Å². The number of rotatable bonds is 4. The van der Waals surface area contributed by atoms with Gasteiger partial charge in [-0.15, -0.1) is 0 Å². The Morgan fingerprint density at radius 2 is 2.25 bits per heavy atom. The van der Waals surface area contributed by atoms with Gasteiger partial charge in [-0.05, 0) is 34.2 Å². The van der Waals surface area contributed by atoms with E-state index in [-0.39, 0.29) is 17.8 Å². The Bertz CT molecular complexity index is 415. The van der Waals surface area contributed by atoms with Crippen LogP contribution in [0.2, 0.25) is 0 Å². The molecule has 0 radical (unpaired) electrons. The molecule has 0 aliphatic rings. The average Bonchev–Trinajstić information content (AvgIpc) is 2.18. The minimum atomic E-state index is -2.69. The van der Waals surface area contributed by atoms with Crippen LogP contribution in [0.1, 0.15) is 23.4 Å². The fourth-order valence-corrected chi connectivity index (χ4v) is 2.36. The van der Waals surface area contributed by atoms with Crippen LogP contribution in [0, 0.1) is 3.57 Å². The molecule has 0 atom stereocenters. The lowest BCUT2D eigenvalue weighted by molar-refractivity contribution is -0.136. The SMILES string of the molecule is O=C(O)Cc1nc(C(F)F)c(I)cc1CBr. The third-order valence-electron chi connectivity index (χ3n) is 1.84. The van der Waals surface area contributed by atoms with Gasteiger partial charge in [-0.1, -0.05) is 15.9 Å². The zero-order valence-corrected chi connectivity index (χ0v) is 11.6. The molecule has 7 heteroatoms. The zero-order chi connectivity index (χ0) is 12.3. The van der Waals surface area contributed by atoms with Gasteiger partial charge < -0.3 is 5.11 Å². The fourth-order valence-electron chi connectivity index (χ4n) is 1.15. The molecule has 0 bridgehead atoms. The van der Waals surface area contributed by atoms with Crippen molar-refractivity contribution in [1.29, 1.82) is 0 Å². The Balaban J connectivity index is 3.22. The van der Waals surface area contributed by atoms with Crippen LogP contribution in [-0.4, -0.2) is 16.1 Å². The second-order valence-electron chi connectivity index (χ2n) is 2.97. The fraction of sp³-hybridized carbons (Fsp3) is 0.333. The van der Waals surface area contributed by atoms with E-state index in [1.165, 1.54) is 6.07 Å². The third-order valence-corrected chi connectivity index (χ3v) is 3.31. The van der Waals surface area contributed by atoms with Gasteiger partial charge >= 0.3 is 5.97 Å². The molecule has 0 fully saturated rings.